The van der Waals surface area contributed by atoms with Gasteiger partial charge in [0.25, 0.3) is 0 Å². The topological polar surface area (TPSA) is 118 Å². The fourth-order valence-corrected chi connectivity index (χ4v) is 8.98. The molecule has 0 aromatic carbocycles. The third-order valence-electron chi connectivity index (χ3n) is 13.9. The molecule has 414 valence electrons. The number of esters is 2. The van der Waals surface area contributed by atoms with Gasteiger partial charge in [-0.15, -0.1) is 0 Å². The Kier molecular flexibility index (Phi) is 48.1. The highest BCUT2D eigenvalue weighted by molar-refractivity contribution is 5.70. The number of hydrogen-bond acceptors (Lipinski definition) is 10. The number of amides is 2. The second kappa shape index (κ2) is 50.0. The predicted octanol–water partition coefficient (Wildman–Crippen LogP) is 14.6. The molecule has 0 radical (unpaired) electrons. The van der Waals surface area contributed by atoms with Crippen molar-refractivity contribution >= 4 is 24.1 Å². The summed E-state index contributed by atoms with van der Waals surface area (Å²) in [7, 11) is 0. The summed E-state index contributed by atoms with van der Waals surface area (Å²) in [6, 6.07) is 0. The fraction of sp³-hybridized carbons (Fsp3) is 0.931. The second-order valence-corrected chi connectivity index (χ2v) is 20.2. The molecule has 12 heteroatoms. The molecule has 0 aliphatic carbocycles. The minimum absolute atomic E-state index is 0.133. The van der Waals surface area contributed by atoms with E-state index in [1.165, 1.54) is 77.0 Å². The van der Waals surface area contributed by atoms with E-state index in [0.29, 0.717) is 90.0 Å². The first kappa shape index (κ1) is 67.4. The number of hydrogen-bond donors (Lipinski definition) is 0. The highest BCUT2D eigenvalue weighted by Crippen LogP contribution is 2.20. The Labute approximate surface area is 432 Å². The Balaban J connectivity index is 5.32. The number of nitrogens with zero attached hydrogens (tertiary/aromatic N) is 4. The number of ether oxygens (including phenoxy) is 4. The van der Waals surface area contributed by atoms with Crippen LogP contribution < -0.4 is 0 Å². The molecule has 0 saturated heterocycles. The van der Waals surface area contributed by atoms with E-state index in [2.05, 4.69) is 65.2 Å². The molecule has 2 amide bonds. The predicted molar refractivity (Wildman–Crippen MR) is 292 cm³/mol. The van der Waals surface area contributed by atoms with Crippen molar-refractivity contribution in [1.82, 2.24) is 19.6 Å². The van der Waals surface area contributed by atoms with E-state index < -0.39 is 0 Å². The van der Waals surface area contributed by atoms with Gasteiger partial charge in [0, 0.05) is 65.2 Å². The molecule has 0 aromatic rings. The third kappa shape index (κ3) is 39.9. The molecule has 0 saturated carbocycles. The van der Waals surface area contributed by atoms with Gasteiger partial charge >= 0.3 is 24.1 Å². The van der Waals surface area contributed by atoms with Gasteiger partial charge in [0.2, 0.25) is 0 Å². The van der Waals surface area contributed by atoms with Gasteiger partial charge < -0.3 is 33.6 Å². The normalized spacial score (nSPS) is 11.5. The molecule has 0 heterocycles. The summed E-state index contributed by atoms with van der Waals surface area (Å²) < 4.78 is 23.4. The lowest BCUT2D eigenvalue weighted by Gasteiger charge is -2.28. The van der Waals surface area contributed by atoms with Crippen molar-refractivity contribution in [3.63, 3.8) is 0 Å². The molecule has 0 N–H and O–H groups in total. The van der Waals surface area contributed by atoms with Gasteiger partial charge in [0.15, 0.2) is 0 Å². The van der Waals surface area contributed by atoms with E-state index in [1.54, 1.807) is 0 Å². The Morgan fingerprint density at radius 1 is 0.329 bits per heavy atom. The lowest BCUT2D eigenvalue weighted by molar-refractivity contribution is -0.146. The lowest BCUT2D eigenvalue weighted by Crippen LogP contribution is -2.41. The van der Waals surface area contributed by atoms with Gasteiger partial charge in [-0.25, -0.2) is 9.59 Å². The number of carbonyl (C=O) groups excluding carboxylic acids is 4. The minimum atomic E-state index is -0.308. The zero-order valence-corrected chi connectivity index (χ0v) is 47.3. The molecule has 0 aliphatic heterocycles. The Hall–Kier alpha value is -2.60. The monoisotopic (exact) mass is 995 g/mol. The molecule has 0 atom stereocenters. The van der Waals surface area contributed by atoms with Crippen molar-refractivity contribution in [1.29, 1.82) is 0 Å². The van der Waals surface area contributed by atoms with Crippen molar-refractivity contribution in [3.8, 4) is 0 Å². The van der Waals surface area contributed by atoms with Gasteiger partial charge in [-0.2, -0.15) is 0 Å². The van der Waals surface area contributed by atoms with Crippen LogP contribution >= 0.6 is 0 Å². The lowest BCUT2D eigenvalue weighted by atomic mass is 9.96. The van der Waals surface area contributed by atoms with Crippen molar-refractivity contribution < 1.29 is 38.1 Å². The van der Waals surface area contributed by atoms with Crippen LogP contribution in [0.5, 0.6) is 0 Å². The van der Waals surface area contributed by atoms with Gasteiger partial charge in [0.05, 0.1) is 13.2 Å². The number of rotatable bonds is 51. The summed E-state index contributed by atoms with van der Waals surface area (Å²) in [6.45, 7) is 26.1. The van der Waals surface area contributed by atoms with E-state index in [0.717, 1.165) is 116 Å². The van der Waals surface area contributed by atoms with Gasteiger partial charge in [-0.05, 0) is 89.1 Å². The van der Waals surface area contributed by atoms with Gasteiger partial charge in [0.1, 0.15) is 13.2 Å². The summed E-state index contributed by atoms with van der Waals surface area (Å²) >= 11 is 0. The van der Waals surface area contributed by atoms with Gasteiger partial charge in [-0.3, -0.25) is 14.5 Å². The average Bonchev–Trinajstić information content (AvgIpc) is 3.36. The third-order valence-corrected chi connectivity index (χ3v) is 13.9. The second-order valence-electron chi connectivity index (χ2n) is 20.2. The van der Waals surface area contributed by atoms with Crippen LogP contribution in [0.25, 0.3) is 0 Å². The minimum Gasteiger partial charge on any atom is -0.465 e. The highest BCUT2D eigenvalue weighted by Gasteiger charge is 2.20. The first-order chi connectivity index (χ1) is 34.1. The van der Waals surface area contributed by atoms with Crippen molar-refractivity contribution in [2.75, 3.05) is 91.9 Å². The molecular formula is C58H114N4O8. The average molecular weight is 996 g/mol. The Morgan fingerprint density at radius 2 is 0.643 bits per heavy atom. The standard InChI is InChI=1S/C58H114N4O8/c1-9-17-23-31-41-61(43-33-29-39-55(63)69-51-53(35-25-19-11-3)36-26-20-12-4)57(65)67-49-47-60(46-45-59(15-7)16-8)48-50-68-58(66)62(42-32-24-18-10-2)44-34-30-40-56(64)70-52-54(37-27-21-13-5)38-28-22-14-6/h53-54H,9-52H2,1-8H3. The Bertz CT molecular complexity index is 1100. The van der Waals surface area contributed by atoms with Crippen LogP contribution in [0.2, 0.25) is 0 Å². The molecule has 0 unspecified atom stereocenters. The van der Waals surface area contributed by atoms with Crippen molar-refractivity contribution in [3.05, 3.63) is 0 Å². The van der Waals surface area contributed by atoms with Crippen LogP contribution in [0, 0.1) is 11.8 Å². The molecule has 0 spiro atoms. The zero-order valence-electron chi connectivity index (χ0n) is 47.3. The number of carbonyl (C=O) groups is 4. The molecular weight excluding hydrogens is 881 g/mol. The summed E-state index contributed by atoms with van der Waals surface area (Å²) in [6.07, 6.45) is 30.3. The van der Waals surface area contributed by atoms with Crippen LogP contribution in [0.3, 0.4) is 0 Å². The van der Waals surface area contributed by atoms with Crippen LogP contribution in [0.4, 0.5) is 9.59 Å². The molecule has 0 rings (SSSR count). The Morgan fingerprint density at radius 3 is 0.971 bits per heavy atom. The van der Waals surface area contributed by atoms with Crippen LogP contribution in [-0.4, -0.2) is 136 Å². The van der Waals surface area contributed by atoms with E-state index in [-0.39, 0.29) is 37.3 Å². The van der Waals surface area contributed by atoms with E-state index in [1.807, 2.05) is 9.80 Å². The number of unbranched alkanes of at least 4 members (excludes halogenated alkanes) is 16. The van der Waals surface area contributed by atoms with Crippen LogP contribution in [0.15, 0.2) is 0 Å². The quantitative estimate of drug-likeness (QED) is 0.0331. The largest absolute Gasteiger partial charge is 0.465 e. The van der Waals surface area contributed by atoms with E-state index in [4.69, 9.17) is 18.9 Å². The summed E-state index contributed by atoms with van der Waals surface area (Å²) in [4.78, 5) is 60.9. The summed E-state index contributed by atoms with van der Waals surface area (Å²) in [5.41, 5.74) is 0. The first-order valence-corrected chi connectivity index (χ1v) is 29.7. The maximum Gasteiger partial charge on any atom is 0.409 e. The maximum atomic E-state index is 13.6. The van der Waals surface area contributed by atoms with E-state index in [9.17, 15) is 19.2 Å². The summed E-state index contributed by atoms with van der Waals surface area (Å²) in [5.74, 6) is 0.629. The van der Waals surface area contributed by atoms with E-state index >= 15 is 0 Å². The molecule has 12 nitrogen and oxygen atoms in total. The maximum absolute atomic E-state index is 13.6. The number of likely N-dealkylation sites (N-methyl/N-ethyl adjacent to an activating group) is 1. The van der Waals surface area contributed by atoms with Crippen LogP contribution in [-0.2, 0) is 28.5 Å². The zero-order chi connectivity index (χ0) is 51.7. The molecule has 70 heavy (non-hydrogen) atoms. The SMILES string of the molecule is CCCCCCN(CCCCC(=O)OCC(CCCCC)CCCCC)C(=O)OCCN(CCOC(=O)N(CCCCCC)CCCCC(=O)OCC(CCCCC)CCCCC)CCN(CC)CC. The summed E-state index contributed by atoms with van der Waals surface area (Å²) in [5, 5.41) is 0. The molecule has 0 aliphatic rings. The fourth-order valence-electron chi connectivity index (χ4n) is 8.98. The first-order valence-electron chi connectivity index (χ1n) is 29.7. The van der Waals surface area contributed by atoms with Gasteiger partial charge in [-0.1, -0.05) is 171 Å². The highest BCUT2D eigenvalue weighted by atomic mass is 16.6. The molecule has 0 aromatic heterocycles. The smallest absolute Gasteiger partial charge is 0.409 e. The molecule has 0 bridgehead atoms. The van der Waals surface area contributed by atoms with Crippen LogP contribution in [0.1, 0.15) is 248 Å². The van der Waals surface area contributed by atoms with Crippen molar-refractivity contribution in [2.24, 2.45) is 11.8 Å². The van der Waals surface area contributed by atoms with Crippen molar-refractivity contribution in [2.45, 2.75) is 248 Å². The molecule has 0 fully saturated rings.